The summed E-state index contributed by atoms with van der Waals surface area (Å²) >= 11 is 0. The Kier molecular flexibility index (Phi) is 6.09. The molecule has 0 bridgehead atoms. The van der Waals surface area contributed by atoms with Crippen LogP contribution in [0.25, 0.3) is 0 Å². The van der Waals surface area contributed by atoms with Gasteiger partial charge >= 0.3 is 5.97 Å². The van der Waals surface area contributed by atoms with Crippen LogP contribution in [0.2, 0.25) is 0 Å². The summed E-state index contributed by atoms with van der Waals surface area (Å²) in [5, 5.41) is 9.66. The van der Waals surface area contributed by atoms with Crippen LogP contribution >= 0.6 is 0 Å². The zero-order valence-electron chi connectivity index (χ0n) is 15.0. The zero-order chi connectivity index (χ0) is 17.5. The van der Waals surface area contributed by atoms with E-state index in [0.29, 0.717) is 25.4 Å². The SMILES string of the molecule is N#CC1(C(=O)OCC2CCCCC2)CCN(Cc2ccccc2)CC1. The van der Waals surface area contributed by atoms with Crippen molar-refractivity contribution >= 4 is 5.97 Å². The maximum absolute atomic E-state index is 12.6. The number of carbonyl (C=O) groups is 1. The van der Waals surface area contributed by atoms with Crippen LogP contribution in [0.3, 0.4) is 0 Å². The van der Waals surface area contributed by atoms with Crippen molar-refractivity contribution in [1.29, 1.82) is 5.26 Å². The van der Waals surface area contributed by atoms with Gasteiger partial charge in [0, 0.05) is 19.6 Å². The van der Waals surface area contributed by atoms with Gasteiger partial charge in [-0.15, -0.1) is 0 Å². The number of hydrogen-bond acceptors (Lipinski definition) is 4. The van der Waals surface area contributed by atoms with Gasteiger partial charge in [0.1, 0.15) is 0 Å². The predicted octanol–water partition coefficient (Wildman–Crippen LogP) is 3.92. The van der Waals surface area contributed by atoms with E-state index in [0.717, 1.165) is 32.5 Å². The Morgan fingerprint density at radius 1 is 1.16 bits per heavy atom. The average Bonchev–Trinajstić information content (AvgIpc) is 2.68. The number of nitrogens with zero attached hydrogens (tertiary/aromatic N) is 2. The lowest BCUT2D eigenvalue weighted by molar-refractivity contribution is -0.156. The average molecular weight is 340 g/mol. The number of ether oxygens (including phenoxy) is 1. The molecular weight excluding hydrogens is 312 g/mol. The first-order valence-corrected chi connectivity index (χ1v) is 9.57. The van der Waals surface area contributed by atoms with Crippen LogP contribution in [0.15, 0.2) is 30.3 Å². The lowest BCUT2D eigenvalue weighted by Crippen LogP contribution is -2.44. The van der Waals surface area contributed by atoms with Crippen molar-refractivity contribution in [2.75, 3.05) is 19.7 Å². The first-order valence-electron chi connectivity index (χ1n) is 9.57. The second-order valence-corrected chi connectivity index (χ2v) is 7.56. The van der Waals surface area contributed by atoms with Crippen LogP contribution in [0.1, 0.15) is 50.5 Å². The van der Waals surface area contributed by atoms with Crippen molar-refractivity contribution < 1.29 is 9.53 Å². The van der Waals surface area contributed by atoms with Crippen molar-refractivity contribution in [3.63, 3.8) is 0 Å². The van der Waals surface area contributed by atoms with E-state index in [1.807, 2.05) is 18.2 Å². The minimum Gasteiger partial charge on any atom is -0.464 e. The third-order valence-corrected chi connectivity index (χ3v) is 5.74. The maximum atomic E-state index is 12.6. The molecule has 1 aliphatic heterocycles. The molecule has 1 aromatic carbocycles. The maximum Gasteiger partial charge on any atom is 0.326 e. The smallest absolute Gasteiger partial charge is 0.326 e. The van der Waals surface area contributed by atoms with Crippen molar-refractivity contribution in [3.05, 3.63) is 35.9 Å². The van der Waals surface area contributed by atoms with E-state index in [9.17, 15) is 10.1 Å². The topological polar surface area (TPSA) is 53.3 Å². The summed E-state index contributed by atoms with van der Waals surface area (Å²) in [6.07, 6.45) is 7.21. The molecule has 1 aliphatic carbocycles. The number of esters is 1. The highest BCUT2D eigenvalue weighted by atomic mass is 16.5. The number of rotatable bonds is 5. The van der Waals surface area contributed by atoms with Crippen molar-refractivity contribution in [3.8, 4) is 6.07 Å². The summed E-state index contributed by atoms with van der Waals surface area (Å²) in [4.78, 5) is 14.9. The predicted molar refractivity (Wildman–Crippen MR) is 96.5 cm³/mol. The van der Waals surface area contributed by atoms with Crippen LogP contribution in [-0.2, 0) is 16.1 Å². The summed E-state index contributed by atoms with van der Waals surface area (Å²) < 4.78 is 5.59. The quantitative estimate of drug-likeness (QED) is 0.763. The fourth-order valence-electron chi connectivity index (χ4n) is 3.98. The molecular formula is C21H28N2O2. The van der Waals surface area contributed by atoms with Gasteiger partial charge in [0.05, 0.1) is 12.7 Å². The zero-order valence-corrected chi connectivity index (χ0v) is 15.0. The molecule has 1 saturated heterocycles. The van der Waals surface area contributed by atoms with Crippen molar-refractivity contribution in [2.45, 2.75) is 51.5 Å². The monoisotopic (exact) mass is 340 g/mol. The van der Waals surface area contributed by atoms with Gasteiger partial charge in [0.2, 0.25) is 0 Å². The molecule has 2 fully saturated rings. The highest BCUT2D eigenvalue weighted by molar-refractivity contribution is 5.80. The lowest BCUT2D eigenvalue weighted by Gasteiger charge is -2.36. The van der Waals surface area contributed by atoms with Crippen molar-refractivity contribution in [1.82, 2.24) is 4.90 Å². The molecule has 3 rings (SSSR count). The number of piperidine rings is 1. The molecule has 0 atom stereocenters. The number of likely N-dealkylation sites (tertiary alicyclic amines) is 1. The van der Waals surface area contributed by atoms with Crippen LogP contribution in [-0.4, -0.2) is 30.6 Å². The van der Waals surface area contributed by atoms with Gasteiger partial charge in [0.15, 0.2) is 5.41 Å². The molecule has 134 valence electrons. The highest BCUT2D eigenvalue weighted by Gasteiger charge is 2.43. The Morgan fingerprint density at radius 2 is 1.84 bits per heavy atom. The summed E-state index contributed by atoms with van der Waals surface area (Å²) in [5.74, 6) is 0.201. The van der Waals surface area contributed by atoms with Crippen LogP contribution < -0.4 is 0 Å². The fraction of sp³-hybridized carbons (Fsp3) is 0.619. The first kappa shape index (κ1) is 17.9. The lowest BCUT2D eigenvalue weighted by atomic mass is 9.79. The van der Waals surface area contributed by atoms with E-state index >= 15 is 0 Å². The minimum absolute atomic E-state index is 0.292. The van der Waals surface area contributed by atoms with Crippen LogP contribution in [0.4, 0.5) is 0 Å². The van der Waals surface area contributed by atoms with E-state index in [1.165, 1.54) is 24.8 Å². The number of nitriles is 1. The second-order valence-electron chi connectivity index (χ2n) is 7.56. The molecule has 0 spiro atoms. The van der Waals surface area contributed by atoms with Gasteiger partial charge in [-0.2, -0.15) is 5.26 Å². The molecule has 0 aromatic heterocycles. The molecule has 4 nitrogen and oxygen atoms in total. The van der Waals surface area contributed by atoms with Crippen molar-refractivity contribution in [2.24, 2.45) is 11.3 Å². The second kappa shape index (κ2) is 8.49. The van der Waals surface area contributed by atoms with Gasteiger partial charge in [-0.25, -0.2) is 0 Å². The highest BCUT2D eigenvalue weighted by Crippen LogP contribution is 2.33. The number of carbonyl (C=O) groups excluding carboxylic acids is 1. The van der Waals surface area contributed by atoms with Gasteiger partial charge in [-0.1, -0.05) is 49.6 Å². The molecule has 0 radical (unpaired) electrons. The molecule has 25 heavy (non-hydrogen) atoms. The largest absolute Gasteiger partial charge is 0.464 e. The van der Waals surface area contributed by atoms with E-state index in [-0.39, 0.29) is 5.97 Å². The van der Waals surface area contributed by atoms with Crippen LogP contribution in [0, 0.1) is 22.7 Å². The molecule has 1 saturated carbocycles. The summed E-state index contributed by atoms with van der Waals surface area (Å²) in [6.45, 7) is 2.90. The Labute approximate surface area is 150 Å². The minimum atomic E-state index is -0.943. The van der Waals surface area contributed by atoms with E-state index in [2.05, 4.69) is 23.1 Å². The van der Waals surface area contributed by atoms with Gasteiger partial charge in [-0.05, 0) is 37.2 Å². The summed E-state index contributed by atoms with van der Waals surface area (Å²) in [5.41, 5.74) is 0.328. The van der Waals surface area contributed by atoms with E-state index in [1.54, 1.807) is 0 Å². The van der Waals surface area contributed by atoms with Gasteiger partial charge < -0.3 is 4.74 Å². The molecule has 0 unspecified atom stereocenters. The Hall–Kier alpha value is -1.86. The molecule has 1 heterocycles. The molecule has 1 aromatic rings. The van der Waals surface area contributed by atoms with Gasteiger partial charge in [0.25, 0.3) is 0 Å². The first-order chi connectivity index (χ1) is 12.2. The Balaban J connectivity index is 1.50. The number of hydrogen-bond donors (Lipinski definition) is 0. The fourth-order valence-corrected chi connectivity index (χ4v) is 3.98. The number of benzene rings is 1. The molecule has 0 amide bonds. The molecule has 0 N–H and O–H groups in total. The summed E-state index contributed by atoms with van der Waals surface area (Å²) in [7, 11) is 0. The molecule has 2 aliphatic rings. The molecule has 4 heteroatoms. The van der Waals surface area contributed by atoms with E-state index < -0.39 is 5.41 Å². The van der Waals surface area contributed by atoms with Gasteiger partial charge in [-0.3, -0.25) is 9.69 Å². The normalized spacial score (nSPS) is 21.4. The third kappa shape index (κ3) is 4.61. The Bertz CT molecular complexity index is 594. The third-order valence-electron chi connectivity index (χ3n) is 5.74. The Morgan fingerprint density at radius 3 is 2.48 bits per heavy atom. The van der Waals surface area contributed by atoms with Crippen LogP contribution in [0.5, 0.6) is 0 Å². The summed E-state index contributed by atoms with van der Waals surface area (Å²) in [6, 6.07) is 12.6. The van der Waals surface area contributed by atoms with E-state index in [4.69, 9.17) is 4.74 Å². The standard InChI is InChI=1S/C21H28N2O2/c22-17-21(20(24)25-16-19-9-5-2-6-10-19)11-13-23(14-12-21)15-18-7-3-1-4-8-18/h1,3-4,7-8,19H,2,5-6,9-16H2.